The molecule has 9 heteroatoms. The number of ketones is 1. The van der Waals surface area contributed by atoms with E-state index < -0.39 is 23.8 Å². The van der Waals surface area contributed by atoms with Gasteiger partial charge in [0.2, 0.25) is 0 Å². The highest BCUT2D eigenvalue weighted by molar-refractivity contribution is 6.08. The van der Waals surface area contributed by atoms with E-state index in [1.54, 1.807) is 24.3 Å². The van der Waals surface area contributed by atoms with Crippen LogP contribution in [-0.2, 0) is 16.0 Å². The van der Waals surface area contributed by atoms with Gasteiger partial charge < -0.3 is 26.8 Å². The normalized spacial score (nSPS) is 13.2. The fourth-order valence-corrected chi connectivity index (χ4v) is 1.99. The van der Waals surface area contributed by atoms with Gasteiger partial charge in [-0.3, -0.25) is 10.2 Å². The van der Waals surface area contributed by atoms with Crippen LogP contribution in [-0.4, -0.2) is 39.9 Å². The molecule has 0 saturated heterocycles. The number of hydrogen-bond donors (Lipinski definition) is 5. The molecule has 24 heavy (non-hydrogen) atoms. The van der Waals surface area contributed by atoms with Gasteiger partial charge in [-0.05, 0) is 0 Å². The summed E-state index contributed by atoms with van der Waals surface area (Å²) in [6, 6.07) is 8.22. The zero-order valence-corrected chi connectivity index (χ0v) is 12.7. The smallest absolute Gasteiger partial charge is 0.332 e. The minimum absolute atomic E-state index is 0.0530. The maximum atomic E-state index is 12.1. The molecule has 0 aliphatic heterocycles. The van der Waals surface area contributed by atoms with Gasteiger partial charge in [0.05, 0.1) is 6.42 Å². The number of carboxylic acids is 1. The number of hydrogen-bond acceptors (Lipinski definition) is 7. The lowest BCUT2D eigenvalue weighted by Gasteiger charge is -2.20. The standard InChI is InChI=1S/C15H17N5O4/c16-7-15(19,14(22)23)12(21)6-10-5-11(20-24-10)8-1-3-9(4-2-8)13(17)18/h1-5H,6-7,16,19H2,(H3,17,18)(H,22,23). The highest BCUT2D eigenvalue weighted by atomic mass is 16.5. The van der Waals surface area contributed by atoms with Crippen LogP contribution in [0.25, 0.3) is 11.3 Å². The molecule has 2 rings (SSSR count). The minimum Gasteiger partial charge on any atom is -0.479 e. The summed E-state index contributed by atoms with van der Waals surface area (Å²) in [5, 5.41) is 20.2. The number of nitrogens with two attached hydrogens (primary N) is 3. The van der Waals surface area contributed by atoms with Crippen LogP contribution in [0, 0.1) is 5.41 Å². The number of Topliss-reactive ketones (excluding diaryl/α,β-unsaturated/α-hetero) is 1. The van der Waals surface area contributed by atoms with Crippen molar-refractivity contribution >= 4 is 17.6 Å². The molecule has 0 bridgehead atoms. The SMILES string of the molecule is N=C(N)c1ccc(-c2cc(CC(=O)C(N)(CN)C(=O)O)on2)cc1. The van der Waals surface area contributed by atoms with E-state index in [1.165, 1.54) is 6.07 Å². The van der Waals surface area contributed by atoms with E-state index in [-0.39, 0.29) is 18.0 Å². The summed E-state index contributed by atoms with van der Waals surface area (Å²) in [6.07, 6.45) is -0.335. The molecule has 0 aliphatic rings. The fraction of sp³-hybridized carbons (Fsp3) is 0.200. The number of carbonyl (C=O) groups excluding carboxylic acids is 1. The van der Waals surface area contributed by atoms with E-state index in [2.05, 4.69) is 5.16 Å². The summed E-state index contributed by atoms with van der Waals surface area (Å²) in [4.78, 5) is 23.2. The Morgan fingerprint density at radius 3 is 2.42 bits per heavy atom. The van der Waals surface area contributed by atoms with Gasteiger partial charge in [0.25, 0.3) is 0 Å². The van der Waals surface area contributed by atoms with Gasteiger partial charge in [-0.1, -0.05) is 29.4 Å². The number of aliphatic carboxylic acids is 1. The first-order valence-electron chi connectivity index (χ1n) is 6.94. The van der Waals surface area contributed by atoms with E-state index in [4.69, 9.17) is 32.2 Å². The predicted molar refractivity (Wildman–Crippen MR) is 85.3 cm³/mol. The quantitative estimate of drug-likeness (QED) is 0.255. The molecule has 0 fully saturated rings. The van der Waals surface area contributed by atoms with Gasteiger partial charge in [0.15, 0.2) is 11.3 Å². The Morgan fingerprint density at radius 1 is 1.29 bits per heavy atom. The number of nitrogens with zero attached hydrogens (tertiary/aromatic N) is 1. The highest BCUT2D eigenvalue weighted by Crippen LogP contribution is 2.20. The first-order valence-corrected chi connectivity index (χ1v) is 6.94. The molecule has 0 amide bonds. The first-order chi connectivity index (χ1) is 11.3. The van der Waals surface area contributed by atoms with Gasteiger partial charge in [0.1, 0.15) is 17.3 Å². The third-order valence-corrected chi connectivity index (χ3v) is 3.59. The van der Waals surface area contributed by atoms with Crippen molar-refractivity contribution in [1.29, 1.82) is 5.41 Å². The van der Waals surface area contributed by atoms with Gasteiger partial charge in [-0.15, -0.1) is 0 Å². The second-order valence-electron chi connectivity index (χ2n) is 5.25. The fourth-order valence-electron chi connectivity index (χ4n) is 1.99. The number of amidine groups is 1. The first kappa shape index (κ1) is 17.3. The summed E-state index contributed by atoms with van der Waals surface area (Å²) in [7, 11) is 0. The van der Waals surface area contributed by atoms with Crippen LogP contribution in [0.5, 0.6) is 0 Å². The van der Waals surface area contributed by atoms with Gasteiger partial charge >= 0.3 is 5.97 Å². The zero-order chi connectivity index (χ0) is 17.9. The lowest BCUT2D eigenvalue weighted by Crippen LogP contribution is -2.60. The average molecular weight is 331 g/mol. The minimum atomic E-state index is -2.16. The lowest BCUT2D eigenvalue weighted by molar-refractivity contribution is -0.147. The molecule has 1 aromatic heterocycles. The van der Waals surface area contributed by atoms with Crippen molar-refractivity contribution in [2.75, 3.05) is 6.54 Å². The Hall–Kier alpha value is -3.04. The van der Waals surface area contributed by atoms with E-state index >= 15 is 0 Å². The van der Waals surface area contributed by atoms with Crippen LogP contribution in [0.3, 0.4) is 0 Å². The number of benzene rings is 1. The molecule has 126 valence electrons. The number of carboxylic acid groups (broad SMARTS) is 1. The number of aromatic nitrogens is 1. The van der Waals surface area contributed by atoms with Crippen LogP contribution in [0.2, 0.25) is 0 Å². The Kier molecular flexibility index (Phi) is 4.77. The van der Waals surface area contributed by atoms with Gasteiger partial charge in [-0.2, -0.15) is 0 Å². The monoisotopic (exact) mass is 331 g/mol. The molecule has 0 radical (unpaired) electrons. The van der Waals surface area contributed by atoms with Crippen molar-refractivity contribution < 1.29 is 19.2 Å². The zero-order valence-electron chi connectivity index (χ0n) is 12.7. The number of nitrogen functional groups attached to an aromatic ring is 1. The summed E-state index contributed by atoms with van der Waals surface area (Å²) in [5.74, 6) is -2.14. The van der Waals surface area contributed by atoms with E-state index in [0.717, 1.165) is 0 Å². The number of carbonyl (C=O) groups is 2. The van der Waals surface area contributed by atoms with Crippen molar-refractivity contribution in [2.45, 2.75) is 12.0 Å². The summed E-state index contributed by atoms with van der Waals surface area (Å²) < 4.78 is 5.06. The maximum Gasteiger partial charge on any atom is 0.332 e. The molecule has 9 nitrogen and oxygen atoms in total. The molecule has 1 unspecified atom stereocenters. The molecule has 0 spiro atoms. The van der Waals surface area contributed by atoms with Crippen molar-refractivity contribution in [2.24, 2.45) is 17.2 Å². The molecule has 2 aromatic rings. The molecular formula is C15H17N5O4. The second kappa shape index (κ2) is 6.60. The molecule has 1 heterocycles. The number of rotatable bonds is 7. The van der Waals surface area contributed by atoms with Crippen molar-refractivity contribution in [3.05, 3.63) is 41.7 Å². The Balaban J connectivity index is 2.17. The Labute approximate surface area is 136 Å². The van der Waals surface area contributed by atoms with E-state index in [1.807, 2.05) is 0 Å². The topological polar surface area (TPSA) is 182 Å². The number of nitrogens with one attached hydrogen (secondary N) is 1. The Bertz CT molecular complexity index is 783. The van der Waals surface area contributed by atoms with Crippen LogP contribution in [0.15, 0.2) is 34.9 Å². The summed E-state index contributed by atoms with van der Waals surface area (Å²) in [6.45, 7) is -0.519. The van der Waals surface area contributed by atoms with Crippen LogP contribution in [0.4, 0.5) is 0 Å². The van der Waals surface area contributed by atoms with Crippen LogP contribution in [0.1, 0.15) is 11.3 Å². The Morgan fingerprint density at radius 2 is 1.92 bits per heavy atom. The maximum absolute atomic E-state index is 12.1. The largest absolute Gasteiger partial charge is 0.479 e. The molecule has 0 saturated carbocycles. The predicted octanol–water partition coefficient (Wildman–Crippen LogP) is -0.522. The average Bonchev–Trinajstić information content (AvgIpc) is 3.02. The molecule has 1 atom stereocenters. The second-order valence-corrected chi connectivity index (χ2v) is 5.25. The highest BCUT2D eigenvalue weighted by Gasteiger charge is 2.40. The molecular weight excluding hydrogens is 314 g/mol. The van der Waals surface area contributed by atoms with Crippen molar-refractivity contribution in [3.63, 3.8) is 0 Å². The van der Waals surface area contributed by atoms with Crippen molar-refractivity contribution in [1.82, 2.24) is 5.16 Å². The molecule has 0 aliphatic carbocycles. The lowest BCUT2D eigenvalue weighted by atomic mass is 9.92. The third kappa shape index (κ3) is 3.31. The van der Waals surface area contributed by atoms with Crippen LogP contribution < -0.4 is 17.2 Å². The summed E-state index contributed by atoms with van der Waals surface area (Å²) >= 11 is 0. The third-order valence-electron chi connectivity index (χ3n) is 3.59. The van der Waals surface area contributed by atoms with Gasteiger partial charge in [0, 0.05) is 23.7 Å². The molecule has 8 N–H and O–H groups in total. The van der Waals surface area contributed by atoms with E-state index in [0.29, 0.717) is 16.8 Å². The van der Waals surface area contributed by atoms with Crippen LogP contribution >= 0.6 is 0 Å². The summed E-state index contributed by atoms with van der Waals surface area (Å²) in [5.41, 5.74) is 15.8. The van der Waals surface area contributed by atoms with E-state index in [9.17, 15) is 9.59 Å². The van der Waals surface area contributed by atoms with Crippen molar-refractivity contribution in [3.8, 4) is 11.3 Å². The molecule has 1 aromatic carbocycles. The van der Waals surface area contributed by atoms with Gasteiger partial charge in [-0.25, -0.2) is 4.79 Å².